The van der Waals surface area contributed by atoms with Gasteiger partial charge in [0.05, 0.1) is 5.69 Å². The van der Waals surface area contributed by atoms with E-state index in [4.69, 9.17) is 4.98 Å². The van der Waals surface area contributed by atoms with Crippen LogP contribution >= 0.6 is 0 Å². The van der Waals surface area contributed by atoms with Crippen LogP contribution < -0.4 is 5.32 Å². The Balaban J connectivity index is 1.89. The second kappa shape index (κ2) is 7.46. The summed E-state index contributed by atoms with van der Waals surface area (Å²) >= 11 is 0. The highest BCUT2D eigenvalue weighted by Crippen LogP contribution is 2.36. The van der Waals surface area contributed by atoms with E-state index in [0.717, 1.165) is 57.1 Å². The molecule has 0 unspecified atom stereocenters. The number of fused-ring (bicyclic) bond motifs is 2. The number of aromatic nitrogens is 1. The standard InChI is InChI=1S/C20H30N2O/c1-3-8-14(9-4-2)20(23)22-19-15-10-5-6-12-17(15)21-18-13-7-11-16(18)19/h14H,3-13H2,1-2H3,(H,21,22,23). The smallest absolute Gasteiger partial charge is 0.227 e. The number of carbonyl (C=O) groups excluding carboxylic acids is 1. The maximum atomic E-state index is 12.8. The molecule has 0 saturated carbocycles. The molecule has 3 rings (SSSR count). The number of pyridine rings is 1. The van der Waals surface area contributed by atoms with Crippen LogP contribution in [0.15, 0.2) is 0 Å². The van der Waals surface area contributed by atoms with Gasteiger partial charge in [-0.3, -0.25) is 9.78 Å². The predicted molar refractivity (Wildman–Crippen MR) is 94.8 cm³/mol. The van der Waals surface area contributed by atoms with Crippen molar-refractivity contribution in [2.75, 3.05) is 5.32 Å². The number of nitrogens with zero attached hydrogens (tertiary/aromatic N) is 1. The second-order valence-electron chi connectivity index (χ2n) is 7.16. The molecule has 126 valence electrons. The fraction of sp³-hybridized carbons (Fsp3) is 0.700. The summed E-state index contributed by atoms with van der Waals surface area (Å²) in [5, 5.41) is 3.36. The van der Waals surface area contributed by atoms with E-state index >= 15 is 0 Å². The lowest BCUT2D eigenvalue weighted by Crippen LogP contribution is -2.25. The highest BCUT2D eigenvalue weighted by atomic mass is 16.1. The van der Waals surface area contributed by atoms with Crippen LogP contribution in [0.25, 0.3) is 0 Å². The summed E-state index contributed by atoms with van der Waals surface area (Å²) in [6.07, 6.45) is 12.1. The van der Waals surface area contributed by atoms with Gasteiger partial charge in [0, 0.05) is 17.3 Å². The molecule has 1 heterocycles. The normalized spacial score (nSPS) is 16.3. The average molecular weight is 314 g/mol. The van der Waals surface area contributed by atoms with Gasteiger partial charge in [0.25, 0.3) is 0 Å². The molecular formula is C20H30N2O. The van der Waals surface area contributed by atoms with Crippen molar-refractivity contribution >= 4 is 11.6 Å². The molecule has 3 nitrogen and oxygen atoms in total. The number of carbonyl (C=O) groups is 1. The van der Waals surface area contributed by atoms with Crippen LogP contribution in [-0.4, -0.2) is 10.9 Å². The fourth-order valence-electron chi connectivity index (χ4n) is 4.23. The van der Waals surface area contributed by atoms with Crippen molar-refractivity contribution in [2.24, 2.45) is 5.92 Å². The lowest BCUT2D eigenvalue weighted by Gasteiger charge is -2.24. The molecule has 3 heteroatoms. The van der Waals surface area contributed by atoms with Gasteiger partial charge in [0.1, 0.15) is 0 Å². The molecule has 1 amide bonds. The molecule has 0 aromatic carbocycles. The minimum Gasteiger partial charge on any atom is -0.325 e. The number of rotatable bonds is 6. The zero-order chi connectivity index (χ0) is 16.2. The number of hydrogen-bond donors (Lipinski definition) is 1. The van der Waals surface area contributed by atoms with Gasteiger partial charge in [-0.15, -0.1) is 0 Å². The first-order valence-electron chi connectivity index (χ1n) is 9.58. The zero-order valence-corrected chi connectivity index (χ0v) is 14.7. The first-order chi connectivity index (χ1) is 11.2. The Morgan fingerprint density at radius 1 is 0.957 bits per heavy atom. The van der Waals surface area contributed by atoms with E-state index in [1.165, 1.54) is 41.8 Å². The molecule has 2 aliphatic rings. The molecule has 0 aliphatic heterocycles. The van der Waals surface area contributed by atoms with Gasteiger partial charge in [0.2, 0.25) is 5.91 Å². The van der Waals surface area contributed by atoms with Crippen LogP contribution in [0.5, 0.6) is 0 Å². The van der Waals surface area contributed by atoms with Gasteiger partial charge in [-0.25, -0.2) is 0 Å². The number of nitrogens with one attached hydrogen (secondary N) is 1. The Bertz CT molecular complexity index is 573. The minimum atomic E-state index is 0.162. The molecule has 0 spiro atoms. The Labute approximate surface area is 140 Å². The third-order valence-electron chi connectivity index (χ3n) is 5.39. The Kier molecular flexibility index (Phi) is 5.34. The minimum absolute atomic E-state index is 0.162. The molecule has 1 aromatic rings. The van der Waals surface area contributed by atoms with Crippen LogP contribution in [0.2, 0.25) is 0 Å². The van der Waals surface area contributed by atoms with Crippen LogP contribution in [0, 0.1) is 5.92 Å². The van der Waals surface area contributed by atoms with Crippen molar-refractivity contribution in [2.45, 2.75) is 84.5 Å². The van der Waals surface area contributed by atoms with Crippen LogP contribution in [-0.2, 0) is 30.5 Å². The van der Waals surface area contributed by atoms with E-state index in [0.29, 0.717) is 0 Å². The van der Waals surface area contributed by atoms with Gasteiger partial charge in [-0.1, -0.05) is 26.7 Å². The molecular weight excluding hydrogens is 284 g/mol. The van der Waals surface area contributed by atoms with Crippen molar-refractivity contribution in [1.29, 1.82) is 0 Å². The Morgan fingerprint density at radius 2 is 1.52 bits per heavy atom. The van der Waals surface area contributed by atoms with E-state index in [1.54, 1.807) is 0 Å². The summed E-state index contributed by atoms with van der Waals surface area (Å²) in [4.78, 5) is 17.8. The van der Waals surface area contributed by atoms with Crippen LogP contribution in [0.3, 0.4) is 0 Å². The first kappa shape index (κ1) is 16.5. The molecule has 0 radical (unpaired) electrons. The summed E-state index contributed by atoms with van der Waals surface area (Å²) in [6, 6.07) is 0. The summed E-state index contributed by atoms with van der Waals surface area (Å²) in [5.74, 6) is 0.399. The number of aryl methyl sites for hydroxylation is 2. The van der Waals surface area contributed by atoms with Gasteiger partial charge >= 0.3 is 0 Å². The number of amides is 1. The van der Waals surface area contributed by atoms with Gasteiger partial charge in [-0.2, -0.15) is 0 Å². The van der Waals surface area contributed by atoms with Crippen molar-refractivity contribution in [3.8, 4) is 0 Å². The highest BCUT2D eigenvalue weighted by Gasteiger charge is 2.27. The van der Waals surface area contributed by atoms with Crippen molar-refractivity contribution in [3.63, 3.8) is 0 Å². The first-order valence-corrected chi connectivity index (χ1v) is 9.58. The quantitative estimate of drug-likeness (QED) is 0.833. The predicted octanol–water partition coefficient (Wildman–Crippen LogP) is 4.60. The lowest BCUT2D eigenvalue weighted by atomic mass is 9.91. The fourth-order valence-corrected chi connectivity index (χ4v) is 4.23. The third-order valence-corrected chi connectivity index (χ3v) is 5.39. The molecule has 1 N–H and O–H groups in total. The van der Waals surface area contributed by atoms with Gasteiger partial charge in [0.15, 0.2) is 0 Å². The Hall–Kier alpha value is -1.38. The Morgan fingerprint density at radius 3 is 2.17 bits per heavy atom. The SMILES string of the molecule is CCCC(CCC)C(=O)Nc1c2c(nc3c1CCC3)CCCC2. The van der Waals surface area contributed by atoms with Gasteiger partial charge in [-0.05, 0) is 68.9 Å². The van der Waals surface area contributed by atoms with Crippen molar-refractivity contribution in [1.82, 2.24) is 4.98 Å². The van der Waals surface area contributed by atoms with E-state index in [2.05, 4.69) is 19.2 Å². The lowest BCUT2D eigenvalue weighted by molar-refractivity contribution is -0.120. The maximum Gasteiger partial charge on any atom is 0.227 e. The van der Waals surface area contributed by atoms with Gasteiger partial charge < -0.3 is 5.32 Å². The van der Waals surface area contributed by atoms with E-state index < -0.39 is 0 Å². The molecule has 0 fully saturated rings. The molecule has 1 aromatic heterocycles. The van der Waals surface area contributed by atoms with E-state index in [1.807, 2.05) is 0 Å². The summed E-state index contributed by atoms with van der Waals surface area (Å²) in [5.41, 5.74) is 6.35. The number of hydrogen-bond acceptors (Lipinski definition) is 2. The molecule has 0 atom stereocenters. The molecule has 0 saturated heterocycles. The zero-order valence-electron chi connectivity index (χ0n) is 14.7. The molecule has 2 aliphatic carbocycles. The topological polar surface area (TPSA) is 42.0 Å². The van der Waals surface area contributed by atoms with Crippen molar-refractivity contribution in [3.05, 3.63) is 22.5 Å². The average Bonchev–Trinajstić information content (AvgIpc) is 3.02. The monoisotopic (exact) mass is 314 g/mol. The highest BCUT2D eigenvalue weighted by molar-refractivity contribution is 5.94. The maximum absolute atomic E-state index is 12.8. The van der Waals surface area contributed by atoms with Crippen LogP contribution in [0.1, 0.15) is 81.3 Å². The van der Waals surface area contributed by atoms with E-state index in [9.17, 15) is 4.79 Å². The third kappa shape index (κ3) is 3.44. The molecule has 0 bridgehead atoms. The van der Waals surface area contributed by atoms with Crippen LogP contribution in [0.4, 0.5) is 5.69 Å². The van der Waals surface area contributed by atoms with E-state index in [-0.39, 0.29) is 11.8 Å². The summed E-state index contributed by atoms with van der Waals surface area (Å²) in [7, 11) is 0. The second-order valence-corrected chi connectivity index (χ2v) is 7.16. The molecule has 23 heavy (non-hydrogen) atoms. The van der Waals surface area contributed by atoms with Crippen molar-refractivity contribution < 1.29 is 4.79 Å². The largest absolute Gasteiger partial charge is 0.325 e. The summed E-state index contributed by atoms with van der Waals surface area (Å²) < 4.78 is 0. The number of anilines is 1. The summed E-state index contributed by atoms with van der Waals surface area (Å²) in [6.45, 7) is 4.34.